The van der Waals surface area contributed by atoms with E-state index in [1.165, 1.54) is 6.07 Å². The fraction of sp³-hybridized carbons (Fsp3) is 0.0800. The molecule has 0 saturated heterocycles. The SMILES string of the molecule is Cc1cc(O)c(C2=CC(=O)c3c(OCc4ccccc4)cccc3C2=O)c(C=O)c1. The first-order chi connectivity index (χ1) is 14.5. The number of phenolic OH excluding ortho intramolecular Hbond substituents is 1. The first-order valence-corrected chi connectivity index (χ1v) is 9.39. The third-order valence-corrected chi connectivity index (χ3v) is 4.96. The molecule has 0 spiro atoms. The normalized spacial score (nSPS) is 12.9. The molecule has 3 aromatic carbocycles. The monoisotopic (exact) mass is 398 g/mol. The summed E-state index contributed by atoms with van der Waals surface area (Å²) in [4.78, 5) is 37.7. The largest absolute Gasteiger partial charge is 0.507 e. The Labute approximate surface area is 173 Å². The second-order valence-electron chi connectivity index (χ2n) is 7.07. The van der Waals surface area contributed by atoms with E-state index in [4.69, 9.17) is 4.74 Å². The summed E-state index contributed by atoms with van der Waals surface area (Å²) in [6.07, 6.45) is 1.73. The number of carbonyl (C=O) groups excluding carboxylic acids is 3. The Hall–Kier alpha value is -3.99. The topological polar surface area (TPSA) is 80.7 Å². The molecule has 3 aromatic rings. The van der Waals surface area contributed by atoms with Crippen molar-refractivity contribution in [1.29, 1.82) is 0 Å². The summed E-state index contributed by atoms with van der Waals surface area (Å²) in [6.45, 7) is 1.98. The Balaban J connectivity index is 1.75. The zero-order valence-electron chi connectivity index (χ0n) is 16.2. The minimum atomic E-state index is -0.447. The number of fused-ring (bicyclic) bond motifs is 1. The van der Waals surface area contributed by atoms with Crippen LogP contribution in [0.4, 0.5) is 0 Å². The van der Waals surface area contributed by atoms with Gasteiger partial charge < -0.3 is 9.84 Å². The molecule has 0 aliphatic heterocycles. The molecular weight excluding hydrogens is 380 g/mol. The number of allylic oxidation sites excluding steroid dienone is 2. The molecule has 148 valence electrons. The molecule has 0 radical (unpaired) electrons. The van der Waals surface area contributed by atoms with Gasteiger partial charge >= 0.3 is 0 Å². The van der Waals surface area contributed by atoms with Crippen molar-refractivity contribution in [2.24, 2.45) is 0 Å². The number of hydrogen-bond donors (Lipinski definition) is 1. The molecule has 0 atom stereocenters. The number of ether oxygens (including phenoxy) is 1. The molecular formula is C25H18O5. The zero-order chi connectivity index (χ0) is 21.3. The van der Waals surface area contributed by atoms with Crippen LogP contribution in [0.5, 0.6) is 11.5 Å². The predicted octanol–water partition coefficient (Wildman–Crippen LogP) is 4.55. The van der Waals surface area contributed by atoms with Crippen LogP contribution in [0.2, 0.25) is 0 Å². The number of ketones is 2. The molecule has 0 bridgehead atoms. The van der Waals surface area contributed by atoms with E-state index in [1.807, 2.05) is 30.3 Å². The molecule has 1 aliphatic carbocycles. The standard InChI is InChI=1S/C25H18O5/c1-15-10-17(13-26)23(20(27)11-15)19-12-21(28)24-18(25(19)29)8-5-9-22(24)30-14-16-6-3-2-4-7-16/h2-13,27H,14H2,1H3. The highest BCUT2D eigenvalue weighted by atomic mass is 16.5. The average Bonchev–Trinajstić information content (AvgIpc) is 2.75. The molecule has 0 amide bonds. The highest BCUT2D eigenvalue weighted by molar-refractivity contribution is 6.40. The Kier molecular flexibility index (Phi) is 5.02. The molecule has 0 unspecified atom stereocenters. The van der Waals surface area contributed by atoms with Gasteiger partial charge in [-0.25, -0.2) is 0 Å². The maximum Gasteiger partial charge on any atom is 0.194 e. The van der Waals surface area contributed by atoms with E-state index in [9.17, 15) is 19.5 Å². The summed E-state index contributed by atoms with van der Waals surface area (Å²) in [5, 5.41) is 10.4. The van der Waals surface area contributed by atoms with Crippen LogP contribution >= 0.6 is 0 Å². The van der Waals surface area contributed by atoms with Gasteiger partial charge in [-0.1, -0.05) is 42.5 Å². The van der Waals surface area contributed by atoms with Crippen LogP contribution in [0.1, 0.15) is 47.8 Å². The van der Waals surface area contributed by atoms with E-state index >= 15 is 0 Å². The number of aryl methyl sites for hydroxylation is 1. The Morgan fingerprint density at radius 1 is 0.967 bits per heavy atom. The summed E-state index contributed by atoms with van der Waals surface area (Å²) in [5.74, 6) is -0.768. The number of aldehydes is 1. The highest BCUT2D eigenvalue weighted by Crippen LogP contribution is 2.37. The summed E-state index contributed by atoms with van der Waals surface area (Å²) in [5.41, 5.74) is 2.18. The molecule has 0 fully saturated rings. The van der Waals surface area contributed by atoms with Gasteiger partial charge in [0.05, 0.1) is 5.56 Å². The molecule has 30 heavy (non-hydrogen) atoms. The van der Waals surface area contributed by atoms with Crippen LogP contribution in [0, 0.1) is 6.92 Å². The number of carbonyl (C=O) groups is 3. The van der Waals surface area contributed by atoms with Crippen molar-refractivity contribution >= 4 is 23.4 Å². The van der Waals surface area contributed by atoms with Crippen LogP contribution in [0.25, 0.3) is 5.57 Å². The molecule has 0 heterocycles. The van der Waals surface area contributed by atoms with Crippen LogP contribution in [-0.2, 0) is 6.61 Å². The summed E-state index contributed by atoms with van der Waals surface area (Å²) < 4.78 is 5.83. The highest BCUT2D eigenvalue weighted by Gasteiger charge is 2.31. The van der Waals surface area contributed by atoms with Crippen LogP contribution in [0.3, 0.4) is 0 Å². The van der Waals surface area contributed by atoms with Crippen LogP contribution in [0.15, 0.2) is 66.7 Å². The lowest BCUT2D eigenvalue weighted by molar-refractivity contribution is 0.0997. The summed E-state index contributed by atoms with van der Waals surface area (Å²) >= 11 is 0. The quantitative estimate of drug-likeness (QED) is 0.638. The van der Waals surface area contributed by atoms with Gasteiger partial charge in [0.15, 0.2) is 17.9 Å². The Morgan fingerprint density at radius 3 is 2.47 bits per heavy atom. The number of hydrogen-bond acceptors (Lipinski definition) is 5. The van der Waals surface area contributed by atoms with Gasteiger partial charge in [0.2, 0.25) is 0 Å². The third kappa shape index (κ3) is 3.42. The lowest BCUT2D eigenvalue weighted by Gasteiger charge is -2.20. The maximum atomic E-state index is 13.2. The van der Waals surface area contributed by atoms with E-state index in [0.29, 0.717) is 17.6 Å². The van der Waals surface area contributed by atoms with Crippen molar-refractivity contribution in [2.75, 3.05) is 0 Å². The predicted molar refractivity (Wildman–Crippen MR) is 112 cm³/mol. The van der Waals surface area contributed by atoms with Gasteiger partial charge in [-0.05, 0) is 42.3 Å². The second kappa shape index (κ2) is 7.79. The molecule has 5 heteroatoms. The van der Waals surface area contributed by atoms with Gasteiger partial charge in [-0.3, -0.25) is 14.4 Å². The second-order valence-corrected chi connectivity index (χ2v) is 7.07. The average molecular weight is 398 g/mol. The number of aromatic hydroxyl groups is 1. The molecule has 0 saturated carbocycles. The molecule has 0 aromatic heterocycles. The van der Waals surface area contributed by atoms with Crippen LogP contribution < -0.4 is 4.74 Å². The van der Waals surface area contributed by atoms with E-state index in [1.54, 1.807) is 31.2 Å². The smallest absolute Gasteiger partial charge is 0.194 e. The van der Waals surface area contributed by atoms with Crippen LogP contribution in [-0.4, -0.2) is 23.0 Å². The van der Waals surface area contributed by atoms with Crippen molar-refractivity contribution < 1.29 is 24.2 Å². The molecule has 1 aliphatic rings. The lowest BCUT2D eigenvalue weighted by atomic mass is 9.83. The zero-order valence-corrected chi connectivity index (χ0v) is 16.2. The van der Waals surface area contributed by atoms with E-state index in [0.717, 1.165) is 11.6 Å². The Morgan fingerprint density at radius 2 is 1.73 bits per heavy atom. The van der Waals surface area contributed by atoms with E-state index in [2.05, 4.69) is 0 Å². The van der Waals surface area contributed by atoms with E-state index in [-0.39, 0.29) is 40.2 Å². The van der Waals surface area contributed by atoms with Gasteiger partial charge in [0.1, 0.15) is 18.1 Å². The minimum absolute atomic E-state index is 0.00712. The van der Waals surface area contributed by atoms with Crippen molar-refractivity contribution in [1.82, 2.24) is 0 Å². The summed E-state index contributed by atoms with van der Waals surface area (Å²) in [6, 6.07) is 17.3. The molecule has 1 N–H and O–H groups in total. The minimum Gasteiger partial charge on any atom is -0.507 e. The van der Waals surface area contributed by atoms with Gasteiger partial charge in [-0.15, -0.1) is 0 Å². The summed E-state index contributed by atoms with van der Waals surface area (Å²) in [7, 11) is 0. The van der Waals surface area contributed by atoms with Gasteiger partial charge in [0.25, 0.3) is 0 Å². The first-order valence-electron chi connectivity index (χ1n) is 9.39. The maximum absolute atomic E-state index is 13.2. The van der Waals surface area contributed by atoms with E-state index < -0.39 is 11.6 Å². The fourth-order valence-electron chi connectivity index (χ4n) is 3.61. The van der Waals surface area contributed by atoms with Crippen molar-refractivity contribution in [3.63, 3.8) is 0 Å². The van der Waals surface area contributed by atoms with Crippen molar-refractivity contribution in [3.8, 4) is 11.5 Å². The number of benzene rings is 3. The number of Topliss-reactive ketones (excluding diaryl/α,β-unsaturated/α-hetero) is 1. The van der Waals surface area contributed by atoms with Crippen molar-refractivity contribution in [3.05, 3.63) is 100 Å². The number of phenols is 1. The van der Waals surface area contributed by atoms with Gasteiger partial charge in [0, 0.05) is 22.3 Å². The molecule has 4 rings (SSSR count). The fourth-order valence-corrected chi connectivity index (χ4v) is 3.61. The van der Waals surface area contributed by atoms with Gasteiger partial charge in [-0.2, -0.15) is 0 Å². The Bertz CT molecular complexity index is 1210. The van der Waals surface area contributed by atoms with Crippen molar-refractivity contribution in [2.45, 2.75) is 13.5 Å². The molecule has 5 nitrogen and oxygen atoms in total. The lowest BCUT2D eigenvalue weighted by Crippen LogP contribution is -2.18. The first kappa shape index (κ1) is 19.3. The third-order valence-electron chi connectivity index (χ3n) is 4.96. The number of rotatable bonds is 5.